The lowest BCUT2D eigenvalue weighted by atomic mass is 9.99. The van der Waals surface area contributed by atoms with Crippen LogP contribution in [0.5, 0.6) is 0 Å². The molecule has 0 unspecified atom stereocenters. The predicted octanol–water partition coefficient (Wildman–Crippen LogP) is 4.17. The minimum absolute atomic E-state index is 0.186. The third-order valence-corrected chi connectivity index (χ3v) is 3.51. The van der Waals surface area contributed by atoms with Gasteiger partial charge in [0.15, 0.2) is 0 Å². The highest BCUT2D eigenvalue weighted by Gasteiger charge is 2.38. The highest BCUT2D eigenvalue weighted by atomic mass is 19.4. The van der Waals surface area contributed by atoms with Crippen LogP contribution in [0.15, 0.2) is 47.2 Å². The Morgan fingerprint density at radius 3 is 2.65 bits per heavy atom. The number of pyridine rings is 1. The van der Waals surface area contributed by atoms with Crippen LogP contribution < -0.4 is 5.32 Å². The Morgan fingerprint density at radius 2 is 2.04 bits per heavy atom. The summed E-state index contributed by atoms with van der Waals surface area (Å²) in [5.74, 6) is -1.81. The Morgan fingerprint density at radius 1 is 1.23 bits per heavy atom. The number of aromatic nitrogens is 3. The van der Waals surface area contributed by atoms with E-state index in [0.29, 0.717) is 28.8 Å². The molecule has 1 N–H and O–H groups in total. The highest BCUT2D eigenvalue weighted by molar-refractivity contribution is 5.93. The summed E-state index contributed by atoms with van der Waals surface area (Å²) < 4.78 is 42.5. The van der Waals surface area contributed by atoms with Gasteiger partial charge in [0.1, 0.15) is 0 Å². The largest absolute Gasteiger partial charge is 0.471 e. The SMILES string of the molecule is CCC(=O)Nc1ccc(-c2noc(C(F)(F)F)n2)c(-c2cccnc2)c1. The third kappa shape index (κ3) is 3.71. The summed E-state index contributed by atoms with van der Waals surface area (Å²) in [6.45, 7) is 1.71. The van der Waals surface area contributed by atoms with Gasteiger partial charge in [0.05, 0.1) is 0 Å². The van der Waals surface area contributed by atoms with Crippen molar-refractivity contribution in [2.24, 2.45) is 0 Å². The van der Waals surface area contributed by atoms with Crippen molar-refractivity contribution in [3.05, 3.63) is 48.6 Å². The van der Waals surface area contributed by atoms with Gasteiger partial charge >= 0.3 is 12.1 Å². The smallest absolute Gasteiger partial charge is 0.329 e. The Bertz CT molecular complexity index is 923. The van der Waals surface area contributed by atoms with Crippen LogP contribution >= 0.6 is 0 Å². The second kappa shape index (κ2) is 6.95. The first kappa shape index (κ1) is 17.6. The molecule has 26 heavy (non-hydrogen) atoms. The van der Waals surface area contributed by atoms with Crippen molar-refractivity contribution in [2.45, 2.75) is 19.5 Å². The number of amides is 1. The monoisotopic (exact) mass is 362 g/mol. The van der Waals surface area contributed by atoms with Gasteiger partial charge in [-0.3, -0.25) is 9.78 Å². The third-order valence-electron chi connectivity index (χ3n) is 3.51. The second-order valence-corrected chi connectivity index (χ2v) is 5.32. The fourth-order valence-electron chi connectivity index (χ4n) is 2.28. The number of carbonyl (C=O) groups excluding carboxylic acids is 1. The van der Waals surface area contributed by atoms with Gasteiger partial charge < -0.3 is 9.84 Å². The van der Waals surface area contributed by atoms with E-state index in [1.807, 2.05) is 0 Å². The molecule has 0 aliphatic heterocycles. The maximum absolute atomic E-state index is 12.7. The molecule has 2 heterocycles. The standard InChI is InChI=1S/C17H13F3N4O2/c1-2-14(25)22-11-5-6-12(13(8-11)10-4-3-7-21-9-10)15-23-16(26-24-15)17(18,19)20/h3-9H,2H2,1H3,(H,22,25). The lowest BCUT2D eigenvalue weighted by Gasteiger charge is -2.10. The molecule has 0 saturated carbocycles. The fourth-order valence-corrected chi connectivity index (χ4v) is 2.28. The van der Waals surface area contributed by atoms with Crippen LogP contribution in [0.4, 0.5) is 18.9 Å². The average Bonchev–Trinajstić information content (AvgIpc) is 3.12. The van der Waals surface area contributed by atoms with Gasteiger partial charge in [-0.05, 0) is 29.8 Å². The lowest BCUT2D eigenvalue weighted by molar-refractivity contribution is -0.159. The van der Waals surface area contributed by atoms with E-state index < -0.39 is 12.1 Å². The summed E-state index contributed by atoms with van der Waals surface area (Å²) in [5.41, 5.74) is 1.97. The number of halogens is 3. The molecule has 2 aromatic heterocycles. The van der Waals surface area contributed by atoms with Crippen LogP contribution in [0.25, 0.3) is 22.5 Å². The first-order chi connectivity index (χ1) is 12.4. The minimum atomic E-state index is -4.73. The van der Waals surface area contributed by atoms with Crippen LogP contribution in [0.2, 0.25) is 0 Å². The van der Waals surface area contributed by atoms with E-state index in [1.54, 1.807) is 43.6 Å². The Labute approximate surface area is 146 Å². The summed E-state index contributed by atoms with van der Waals surface area (Å²) in [5, 5.41) is 6.14. The molecule has 0 spiro atoms. The lowest BCUT2D eigenvalue weighted by Crippen LogP contribution is -2.09. The molecule has 3 rings (SSSR count). The topological polar surface area (TPSA) is 80.9 Å². The number of nitrogens with one attached hydrogen (secondary N) is 1. The molecular weight excluding hydrogens is 349 g/mol. The summed E-state index contributed by atoms with van der Waals surface area (Å²) in [7, 11) is 0. The molecule has 0 aliphatic rings. The Kier molecular flexibility index (Phi) is 4.70. The van der Waals surface area contributed by atoms with Crippen molar-refractivity contribution in [1.29, 1.82) is 0 Å². The minimum Gasteiger partial charge on any atom is -0.329 e. The van der Waals surface area contributed by atoms with Crippen LogP contribution in [-0.2, 0) is 11.0 Å². The molecule has 6 nitrogen and oxygen atoms in total. The van der Waals surface area contributed by atoms with Crippen molar-refractivity contribution < 1.29 is 22.5 Å². The van der Waals surface area contributed by atoms with E-state index in [0.717, 1.165) is 0 Å². The van der Waals surface area contributed by atoms with E-state index in [-0.39, 0.29) is 11.7 Å². The van der Waals surface area contributed by atoms with Crippen molar-refractivity contribution >= 4 is 11.6 Å². The number of hydrogen-bond donors (Lipinski definition) is 1. The molecule has 0 bridgehead atoms. The molecule has 0 radical (unpaired) electrons. The van der Waals surface area contributed by atoms with Gasteiger partial charge in [-0.2, -0.15) is 18.2 Å². The normalized spacial score (nSPS) is 11.4. The van der Waals surface area contributed by atoms with Gasteiger partial charge in [0.25, 0.3) is 0 Å². The van der Waals surface area contributed by atoms with Crippen molar-refractivity contribution in [1.82, 2.24) is 15.1 Å². The molecule has 9 heteroatoms. The van der Waals surface area contributed by atoms with Crippen LogP contribution in [0.3, 0.4) is 0 Å². The number of anilines is 1. The van der Waals surface area contributed by atoms with E-state index >= 15 is 0 Å². The average molecular weight is 362 g/mol. The molecule has 3 aromatic rings. The maximum Gasteiger partial charge on any atom is 0.471 e. The van der Waals surface area contributed by atoms with Crippen molar-refractivity contribution in [2.75, 3.05) is 5.32 Å². The van der Waals surface area contributed by atoms with E-state index in [2.05, 4.69) is 25.0 Å². The number of alkyl halides is 3. The zero-order valence-electron chi connectivity index (χ0n) is 13.5. The highest BCUT2D eigenvalue weighted by Crippen LogP contribution is 2.35. The van der Waals surface area contributed by atoms with E-state index in [1.165, 1.54) is 6.07 Å². The molecule has 0 atom stereocenters. The number of carbonyl (C=O) groups is 1. The number of nitrogens with zero attached hydrogens (tertiary/aromatic N) is 3. The first-order valence-corrected chi connectivity index (χ1v) is 7.64. The summed E-state index contributed by atoms with van der Waals surface area (Å²) in [4.78, 5) is 19.1. The van der Waals surface area contributed by atoms with Gasteiger partial charge in [0.2, 0.25) is 11.7 Å². The predicted molar refractivity (Wildman–Crippen MR) is 86.9 cm³/mol. The van der Waals surface area contributed by atoms with Crippen LogP contribution in [0, 0.1) is 0 Å². The molecule has 0 saturated heterocycles. The van der Waals surface area contributed by atoms with Crippen molar-refractivity contribution in [3.8, 4) is 22.5 Å². The Balaban J connectivity index is 2.09. The van der Waals surface area contributed by atoms with Gasteiger partial charge in [-0.25, -0.2) is 0 Å². The number of benzene rings is 1. The van der Waals surface area contributed by atoms with E-state index in [9.17, 15) is 18.0 Å². The van der Waals surface area contributed by atoms with E-state index in [4.69, 9.17) is 0 Å². The zero-order valence-corrected chi connectivity index (χ0v) is 13.5. The van der Waals surface area contributed by atoms with Gasteiger partial charge in [0, 0.05) is 35.6 Å². The van der Waals surface area contributed by atoms with Gasteiger partial charge in [-0.1, -0.05) is 18.1 Å². The summed E-state index contributed by atoms with van der Waals surface area (Å²) >= 11 is 0. The Hall–Kier alpha value is -3.23. The quantitative estimate of drug-likeness (QED) is 0.753. The molecule has 1 amide bonds. The first-order valence-electron chi connectivity index (χ1n) is 7.64. The maximum atomic E-state index is 12.7. The number of hydrogen-bond acceptors (Lipinski definition) is 5. The summed E-state index contributed by atoms with van der Waals surface area (Å²) in [6, 6.07) is 8.14. The molecule has 134 valence electrons. The molecular formula is C17H13F3N4O2. The van der Waals surface area contributed by atoms with Crippen LogP contribution in [-0.4, -0.2) is 21.0 Å². The zero-order chi connectivity index (χ0) is 18.7. The van der Waals surface area contributed by atoms with Crippen molar-refractivity contribution in [3.63, 3.8) is 0 Å². The fraction of sp³-hybridized carbons (Fsp3) is 0.176. The molecule has 0 fully saturated rings. The van der Waals surface area contributed by atoms with Crippen LogP contribution in [0.1, 0.15) is 19.2 Å². The molecule has 1 aromatic carbocycles. The summed E-state index contributed by atoms with van der Waals surface area (Å²) in [6.07, 6.45) is -1.31. The second-order valence-electron chi connectivity index (χ2n) is 5.32. The molecule has 0 aliphatic carbocycles. The van der Waals surface area contributed by atoms with Gasteiger partial charge in [-0.15, -0.1) is 0 Å². The number of rotatable bonds is 4.